The van der Waals surface area contributed by atoms with Gasteiger partial charge < -0.3 is 9.47 Å². The largest absolute Gasteiger partial charge is 0.491 e. The molecule has 0 aliphatic carbocycles. The second-order valence-corrected chi connectivity index (χ2v) is 3.70. The molecule has 0 saturated heterocycles. The van der Waals surface area contributed by atoms with Crippen molar-refractivity contribution in [3.63, 3.8) is 0 Å². The lowest BCUT2D eigenvalue weighted by molar-refractivity contribution is 0.102. The molecule has 3 nitrogen and oxygen atoms in total. The number of ether oxygens (including phenoxy) is 2. The predicted octanol–water partition coefficient (Wildman–Crippen LogP) is 3.07. The van der Waals surface area contributed by atoms with Gasteiger partial charge >= 0.3 is 0 Å². The first-order valence-corrected chi connectivity index (χ1v) is 5.45. The van der Waals surface area contributed by atoms with Crippen LogP contribution >= 0.6 is 0 Å². The zero-order valence-electron chi connectivity index (χ0n) is 9.93. The Balaban J connectivity index is 2.74. The highest BCUT2D eigenvalue weighted by Crippen LogP contribution is 2.20. The Morgan fingerprint density at radius 2 is 1.88 bits per heavy atom. The summed E-state index contributed by atoms with van der Waals surface area (Å²) >= 11 is 0. The summed E-state index contributed by atoms with van der Waals surface area (Å²) in [7, 11) is 0. The quantitative estimate of drug-likeness (QED) is 0.764. The van der Waals surface area contributed by atoms with Gasteiger partial charge in [-0.05, 0) is 38.5 Å². The van der Waals surface area contributed by atoms with E-state index in [-0.39, 0.29) is 6.10 Å². The van der Waals surface area contributed by atoms with Gasteiger partial charge in [-0.15, -0.1) is 0 Å². The molecule has 0 aliphatic rings. The Bertz CT molecular complexity index is 351. The fourth-order valence-corrected chi connectivity index (χ4v) is 1.37. The molecule has 16 heavy (non-hydrogen) atoms. The van der Waals surface area contributed by atoms with Crippen LogP contribution in [0.5, 0.6) is 5.75 Å². The molecule has 0 N–H and O–H groups in total. The minimum absolute atomic E-state index is 0.157. The van der Waals surface area contributed by atoms with Crippen molar-refractivity contribution in [2.45, 2.75) is 33.0 Å². The lowest BCUT2D eigenvalue weighted by Crippen LogP contribution is -2.06. The summed E-state index contributed by atoms with van der Waals surface area (Å²) in [4.78, 5) is 0. The third-order valence-electron chi connectivity index (χ3n) is 2.01. The van der Waals surface area contributed by atoms with Crippen LogP contribution in [0.4, 0.5) is 0 Å². The van der Waals surface area contributed by atoms with Crippen molar-refractivity contribution < 1.29 is 9.47 Å². The smallest absolute Gasteiger partial charge is 0.169 e. The van der Waals surface area contributed by atoms with E-state index in [9.17, 15) is 0 Å². The average Bonchev–Trinajstić information content (AvgIpc) is 2.26. The van der Waals surface area contributed by atoms with Gasteiger partial charge in [0, 0.05) is 6.61 Å². The van der Waals surface area contributed by atoms with E-state index >= 15 is 0 Å². The molecule has 1 rings (SSSR count). The molecule has 0 spiro atoms. The number of nitrogens with zero attached hydrogens (tertiary/aromatic N) is 1. The summed E-state index contributed by atoms with van der Waals surface area (Å²) in [5, 5.41) is 8.92. The van der Waals surface area contributed by atoms with Crippen LogP contribution in [0.3, 0.4) is 0 Å². The molecular weight excluding hydrogens is 202 g/mol. The van der Waals surface area contributed by atoms with Crippen molar-refractivity contribution >= 4 is 0 Å². The molecule has 1 aromatic carbocycles. The van der Waals surface area contributed by atoms with Gasteiger partial charge in [-0.1, -0.05) is 12.1 Å². The first-order valence-electron chi connectivity index (χ1n) is 5.45. The number of hydrogen-bond donors (Lipinski definition) is 0. The van der Waals surface area contributed by atoms with E-state index < -0.39 is 6.10 Å². The highest BCUT2D eigenvalue weighted by molar-refractivity contribution is 5.30. The fraction of sp³-hybridized carbons (Fsp3) is 0.462. The summed E-state index contributed by atoms with van der Waals surface area (Å²) in [5.41, 5.74) is 0.862. The molecule has 0 radical (unpaired) electrons. The van der Waals surface area contributed by atoms with Crippen LogP contribution in [0.2, 0.25) is 0 Å². The second kappa shape index (κ2) is 6.14. The van der Waals surface area contributed by atoms with Gasteiger partial charge in [0.1, 0.15) is 5.75 Å². The minimum Gasteiger partial charge on any atom is -0.491 e. The van der Waals surface area contributed by atoms with Gasteiger partial charge in [-0.3, -0.25) is 0 Å². The van der Waals surface area contributed by atoms with Crippen molar-refractivity contribution in [1.82, 2.24) is 0 Å². The molecule has 0 aromatic heterocycles. The van der Waals surface area contributed by atoms with Gasteiger partial charge in [0.2, 0.25) is 0 Å². The van der Waals surface area contributed by atoms with Crippen LogP contribution in [0, 0.1) is 11.3 Å². The van der Waals surface area contributed by atoms with E-state index in [4.69, 9.17) is 14.7 Å². The molecule has 1 atom stereocenters. The maximum absolute atomic E-state index is 8.92. The van der Waals surface area contributed by atoms with Gasteiger partial charge in [-0.2, -0.15) is 5.26 Å². The third kappa shape index (κ3) is 3.56. The number of benzene rings is 1. The lowest BCUT2D eigenvalue weighted by atomic mass is 10.1. The van der Waals surface area contributed by atoms with Gasteiger partial charge in [0.25, 0.3) is 0 Å². The molecule has 0 amide bonds. The number of nitriles is 1. The topological polar surface area (TPSA) is 42.2 Å². The number of hydrogen-bond acceptors (Lipinski definition) is 3. The lowest BCUT2D eigenvalue weighted by Gasteiger charge is -2.12. The second-order valence-electron chi connectivity index (χ2n) is 3.70. The van der Waals surface area contributed by atoms with Crippen molar-refractivity contribution in [2.24, 2.45) is 0 Å². The molecule has 3 heteroatoms. The summed E-state index contributed by atoms with van der Waals surface area (Å²) in [5.74, 6) is 0.812. The first-order chi connectivity index (χ1) is 7.67. The summed E-state index contributed by atoms with van der Waals surface area (Å²) < 4.78 is 10.8. The van der Waals surface area contributed by atoms with Crippen LogP contribution in [-0.4, -0.2) is 12.7 Å². The summed E-state index contributed by atoms with van der Waals surface area (Å²) in [6.45, 7) is 6.36. The van der Waals surface area contributed by atoms with E-state index in [1.54, 1.807) is 0 Å². The number of rotatable bonds is 5. The Labute approximate surface area is 96.6 Å². The van der Waals surface area contributed by atoms with Gasteiger partial charge in [0.05, 0.1) is 12.2 Å². The van der Waals surface area contributed by atoms with E-state index in [2.05, 4.69) is 6.07 Å². The molecule has 86 valence electrons. The fourth-order valence-electron chi connectivity index (χ4n) is 1.37. The van der Waals surface area contributed by atoms with E-state index in [0.717, 1.165) is 11.3 Å². The van der Waals surface area contributed by atoms with Crippen molar-refractivity contribution in [3.8, 4) is 11.8 Å². The van der Waals surface area contributed by atoms with Crippen LogP contribution in [0.15, 0.2) is 24.3 Å². The Morgan fingerprint density at radius 1 is 1.25 bits per heavy atom. The van der Waals surface area contributed by atoms with Crippen molar-refractivity contribution in [2.75, 3.05) is 6.61 Å². The Kier molecular flexibility index (Phi) is 4.81. The zero-order valence-corrected chi connectivity index (χ0v) is 9.93. The maximum Gasteiger partial charge on any atom is 0.169 e. The van der Waals surface area contributed by atoms with Crippen molar-refractivity contribution in [3.05, 3.63) is 29.8 Å². The summed E-state index contributed by atoms with van der Waals surface area (Å²) in [6.07, 6.45) is -0.331. The predicted molar refractivity (Wildman–Crippen MR) is 62.2 cm³/mol. The monoisotopic (exact) mass is 219 g/mol. The van der Waals surface area contributed by atoms with Gasteiger partial charge in [-0.25, -0.2) is 0 Å². The molecule has 0 bridgehead atoms. The van der Waals surface area contributed by atoms with Crippen LogP contribution in [0.1, 0.15) is 32.4 Å². The van der Waals surface area contributed by atoms with Crippen molar-refractivity contribution in [1.29, 1.82) is 5.26 Å². The average molecular weight is 219 g/mol. The van der Waals surface area contributed by atoms with Crippen LogP contribution < -0.4 is 4.74 Å². The van der Waals surface area contributed by atoms with E-state index in [0.29, 0.717) is 6.61 Å². The SMILES string of the molecule is CCOC(C#N)c1ccc(OC(C)C)cc1. The maximum atomic E-state index is 8.92. The van der Waals surface area contributed by atoms with E-state index in [1.165, 1.54) is 0 Å². The minimum atomic E-state index is -0.488. The molecule has 0 saturated carbocycles. The highest BCUT2D eigenvalue weighted by Gasteiger charge is 2.09. The molecule has 0 aliphatic heterocycles. The molecule has 1 aromatic rings. The standard InChI is InChI=1S/C13H17NO2/c1-4-15-13(9-14)11-5-7-12(8-6-11)16-10(2)3/h5-8,10,13H,4H2,1-3H3. The molecule has 0 fully saturated rings. The Morgan fingerprint density at radius 3 is 2.31 bits per heavy atom. The van der Waals surface area contributed by atoms with Crippen LogP contribution in [0.25, 0.3) is 0 Å². The summed E-state index contributed by atoms with van der Waals surface area (Å²) in [6, 6.07) is 9.56. The Hall–Kier alpha value is -1.53. The van der Waals surface area contributed by atoms with Crippen LogP contribution in [-0.2, 0) is 4.74 Å². The molecular formula is C13H17NO2. The normalized spacial score (nSPS) is 12.2. The first kappa shape index (κ1) is 12.5. The highest BCUT2D eigenvalue weighted by atomic mass is 16.5. The van der Waals surface area contributed by atoms with Gasteiger partial charge in [0.15, 0.2) is 6.10 Å². The molecule has 0 heterocycles. The zero-order chi connectivity index (χ0) is 12.0. The molecule has 1 unspecified atom stereocenters. The third-order valence-corrected chi connectivity index (χ3v) is 2.01. The van der Waals surface area contributed by atoms with E-state index in [1.807, 2.05) is 45.0 Å².